The lowest BCUT2D eigenvalue weighted by atomic mass is 9.94. The summed E-state index contributed by atoms with van der Waals surface area (Å²) in [5.74, 6) is 0. The van der Waals surface area contributed by atoms with Gasteiger partial charge in [-0.15, -0.1) is 0 Å². The summed E-state index contributed by atoms with van der Waals surface area (Å²) >= 11 is 0. The average Bonchev–Trinajstić information content (AvgIpc) is 3.18. The number of fused-ring (bicyclic) bond motifs is 1. The van der Waals surface area contributed by atoms with Gasteiger partial charge < -0.3 is 10.3 Å². The van der Waals surface area contributed by atoms with Crippen LogP contribution in [0.25, 0.3) is 5.69 Å². The second-order valence-corrected chi connectivity index (χ2v) is 5.39. The summed E-state index contributed by atoms with van der Waals surface area (Å²) in [6.45, 7) is 3.12. The maximum atomic E-state index is 4.49. The number of rotatable bonds is 2. The fourth-order valence-electron chi connectivity index (χ4n) is 3.02. The molecule has 1 aromatic carbocycles. The highest BCUT2D eigenvalue weighted by Crippen LogP contribution is 2.29. The molecule has 3 heterocycles. The quantitative estimate of drug-likeness (QED) is 0.755. The minimum Gasteiger partial charge on any atom is -0.348 e. The smallest absolute Gasteiger partial charge is 0.0926 e. The van der Waals surface area contributed by atoms with E-state index in [1.54, 1.807) is 12.5 Å². The highest BCUT2D eigenvalue weighted by molar-refractivity contribution is 5.44. The molecule has 0 saturated heterocycles. The van der Waals surface area contributed by atoms with Crippen LogP contribution in [0.2, 0.25) is 0 Å². The maximum absolute atomic E-state index is 4.49. The predicted molar refractivity (Wildman–Crippen MR) is 80.4 cm³/mol. The summed E-state index contributed by atoms with van der Waals surface area (Å²) in [7, 11) is 0. The Labute approximate surface area is 123 Å². The van der Waals surface area contributed by atoms with Crippen LogP contribution in [0.4, 0.5) is 0 Å². The van der Waals surface area contributed by atoms with Crippen molar-refractivity contribution in [3.63, 3.8) is 0 Å². The van der Waals surface area contributed by atoms with Crippen LogP contribution in [0, 0.1) is 6.92 Å². The van der Waals surface area contributed by atoms with Crippen molar-refractivity contribution in [1.82, 2.24) is 25.1 Å². The first kappa shape index (κ1) is 12.3. The number of nitrogens with one attached hydrogen (secondary N) is 2. The molecule has 1 atom stereocenters. The monoisotopic (exact) mass is 279 g/mol. The molecule has 2 N–H and O–H groups in total. The van der Waals surface area contributed by atoms with Gasteiger partial charge in [-0.2, -0.15) is 5.10 Å². The zero-order valence-corrected chi connectivity index (χ0v) is 11.9. The van der Waals surface area contributed by atoms with Crippen molar-refractivity contribution in [2.75, 3.05) is 6.54 Å². The summed E-state index contributed by atoms with van der Waals surface area (Å²) in [5.41, 5.74) is 5.97. The third-order valence-corrected chi connectivity index (χ3v) is 4.08. The second kappa shape index (κ2) is 4.86. The van der Waals surface area contributed by atoms with Gasteiger partial charge in [-0.1, -0.05) is 6.07 Å². The van der Waals surface area contributed by atoms with Crippen LogP contribution in [0.15, 0.2) is 43.0 Å². The second-order valence-electron chi connectivity index (χ2n) is 5.39. The molecule has 1 aliphatic heterocycles. The SMILES string of the molecule is Cc1cc(-n2cccn2)ccc1[C@@H]1NCCc2[nH]cnc21. The molecule has 0 amide bonds. The van der Waals surface area contributed by atoms with Crippen LogP contribution >= 0.6 is 0 Å². The Balaban J connectivity index is 1.74. The van der Waals surface area contributed by atoms with E-state index >= 15 is 0 Å². The Morgan fingerprint density at radius 1 is 1.33 bits per heavy atom. The van der Waals surface area contributed by atoms with Gasteiger partial charge in [0.2, 0.25) is 0 Å². The van der Waals surface area contributed by atoms with E-state index in [0.29, 0.717) is 0 Å². The van der Waals surface area contributed by atoms with Gasteiger partial charge in [0.25, 0.3) is 0 Å². The molecule has 1 aliphatic rings. The molecule has 2 aromatic heterocycles. The highest BCUT2D eigenvalue weighted by atomic mass is 15.3. The van der Waals surface area contributed by atoms with Crippen LogP contribution < -0.4 is 5.32 Å². The van der Waals surface area contributed by atoms with Crippen LogP contribution in [-0.2, 0) is 6.42 Å². The molecule has 3 aromatic rings. The number of nitrogens with zero attached hydrogens (tertiary/aromatic N) is 3. The molecule has 0 fully saturated rings. The molecule has 4 rings (SSSR count). The van der Waals surface area contributed by atoms with Gasteiger partial charge in [-0.05, 0) is 36.2 Å². The van der Waals surface area contributed by atoms with E-state index in [4.69, 9.17) is 0 Å². The van der Waals surface area contributed by atoms with Crippen molar-refractivity contribution in [3.8, 4) is 5.69 Å². The first-order valence-corrected chi connectivity index (χ1v) is 7.19. The number of aryl methyl sites for hydroxylation is 1. The van der Waals surface area contributed by atoms with E-state index in [-0.39, 0.29) is 6.04 Å². The first-order chi connectivity index (χ1) is 10.3. The zero-order valence-electron chi connectivity index (χ0n) is 11.9. The normalized spacial score (nSPS) is 17.7. The van der Waals surface area contributed by atoms with Gasteiger partial charge in [0.05, 0.1) is 23.8 Å². The molecule has 5 heteroatoms. The van der Waals surface area contributed by atoms with Gasteiger partial charge in [0, 0.05) is 31.1 Å². The van der Waals surface area contributed by atoms with Gasteiger partial charge in [-0.25, -0.2) is 9.67 Å². The van der Waals surface area contributed by atoms with Crippen LogP contribution in [0.1, 0.15) is 28.6 Å². The minimum atomic E-state index is 0.173. The number of benzene rings is 1. The highest BCUT2D eigenvalue weighted by Gasteiger charge is 2.24. The van der Waals surface area contributed by atoms with Crippen molar-refractivity contribution < 1.29 is 0 Å². The molecular formula is C16H17N5. The van der Waals surface area contributed by atoms with Gasteiger partial charge in [0.15, 0.2) is 0 Å². The lowest BCUT2D eigenvalue weighted by molar-refractivity contribution is 0.551. The molecule has 0 bridgehead atoms. The Kier molecular flexibility index (Phi) is 2.86. The topological polar surface area (TPSA) is 58.5 Å². The first-order valence-electron chi connectivity index (χ1n) is 7.19. The summed E-state index contributed by atoms with van der Waals surface area (Å²) in [5, 5.41) is 7.85. The summed E-state index contributed by atoms with van der Waals surface area (Å²) in [6, 6.07) is 8.56. The van der Waals surface area contributed by atoms with Crippen LogP contribution in [0.3, 0.4) is 0 Å². The van der Waals surface area contributed by atoms with Gasteiger partial charge in [0.1, 0.15) is 0 Å². The molecule has 0 radical (unpaired) electrons. The van der Waals surface area contributed by atoms with Crippen molar-refractivity contribution in [2.45, 2.75) is 19.4 Å². The lowest BCUT2D eigenvalue weighted by Gasteiger charge is -2.25. The lowest BCUT2D eigenvalue weighted by Crippen LogP contribution is -2.31. The van der Waals surface area contributed by atoms with E-state index in [9.17, 15) is 0 Å². The molecule has 21 heavy (non-hydrogen) atoms. The standard InChI is InChI=1S/C16H17N5/c1-11-9-12(21-8-2-6-20-21)3-4-13(11)15-16-14(5-7-17-15)18-10-19-16/h2-4,6,8-10,15,17H,5,7H2,1H3,(H,18,19)/t15-/m0/s1. The number of H-pyrrole nitrogens is 1. The third-order valence-electron chi connectivity index (χ3n) is 4.08. The zero-order chi connectivity index (χ0) is 14.2. The Morgan fingerprint density at radius 2 is 2.29 bits per heavy atom. The van der Waals surface area contributed by atoms with Crippen molar-refractivity contribution in [2.24, 2.45) is 0 Å². The molecule has 0 spiro atoms. The van der Waals surface area contributed by atoms with E-state index in [1.165, 1.54) is 16.8 Å². The third kappa shape index (κ3) is 2.06. The van der Waals surface area contributed by atoms with E-state index in [2.05, 4.69) is 45.5 Å². The van der Waals surface area contributed by atoms with Crippen LogP contribution in [0.5, 0.6) is 0 Å². The summed E-state index contributed by atoms with van der Waals surface area (Å²) in [4.78, 5) is 7.74. The average molecular weight is 279 g/mol. The largest absolute Gasteiger partial charge is 0.348 e. The van der Waals surface area contributed by atoms with Crippen molar-refractivity contribution in [1.29, 1.82) is 0 Å². The van der Waals surface area contributed by atoms with Crippen molar-refractivity contribution >= 4 is 0 Å². The Morgan fingerprint density at radius 3 is 3.10 bits per heavy atom. The number of hydrogen-bond acceptors (Lipinski definition) is 3. The Hall–Kier alpha value is -2.40. The number of imidazole rings is 1. The van der Waals surface area contributed by atoms with E-state index in [0.717, 1.165) is 24.3 Å². The van der Waals surface area contributed by atoms with Gasteiger partial charge >= 0.3 is 0 Å². The van der Waals surface area contributed by atoms with Crippen molar-refractivity contribution in [3.05, 3.63) is 65.5 Å². The summed E-state index contributed by atoms with van der Waals surface area (Å²) < 4.78 is 1.88. The number of aromatic nitrogens is 4. The Bertz CT molecular complexity index is 757. The van der Waals surface area contributed by atoms with E-state index < -0.39 is 0 Å². The molecule has 0 aliphatic carbocycles. The maximum Gasteiger partial charge on any atom is 0.0926 e. The fourth-order valence-corrected chi connectivity index (χ4v) is 3.02. The minimum absolute atomic E-state index is 0.173. The number of hydrogen-bond donors (Lipinski definition) is 2. The van der Waals surface area contributed by atoms with Gasteiger partial charge in [-0.3, -0.25) is 0 Å². The number of aromatic amines is 1. The fraction of sp³-hybridized carbons (Fsp3) is 0.250. The molecular weight excluding hydrogens is 262 g/mol. The predicted octanol–water partition coefficient (Wildman–Crippen LogP) is 2.14. The van der Waals surface area contributed by atoms with Crippen LogP contribution in [-0.4, -0.2) is 26.3 Å². The molecule has 0 unspecified atom stereocenters. The molecule has 106 valence electrons. The molecule has 0 saturated carbocycles. The molecule has 5 nitrogen and oxygen atoms in total. The van der Waals surface area contributed by atoms with E-state index in [1.807, 2.05) is 16.9 Å². The summed E-state index contributed by atoms with van der Waals surface area (Å²) in [6.07, 6.45) is 6.55.